The van der Waals surface area contributed by atoms with Gasteiger partial charge in [-0.1, -0.05) is 6.92 Å². The molecule has 0 saturated carbocycles. The van der Waals surface area contributed by atoms with E-state index in [-0.39, 0.29) is 18.6 Å². The summed E-state index contributed by atoms with van der Waals surface area (Å²) in [6, 6.07) is -0.129. The van der Waals surface area contributed by atoms with Crippen LogP contribution in [0.5, 0.6) is 0 Å². The lowest BCUT2D eigenvalue weighted by atomic mass is 9.88. The standard InChI is InChI=1S/C14H29N3O3/c1-7-14(4,12(18)19)10-15-13(20)17(8-2)11(3)9-16(5)6/h11H,7-10H2,1-6H3,(H,15,20)(H,18,19). The van der Waals surface area contributed by atoms with Crippen LogP contribution >= 0.6 is 0 Å². The molecule has 118 valence electrons. The molecule has 0 bridgehead atoms. The van der Waals surface area contributed by atoms with E-state index in [1.165, 1.54) is 0 Å². The second kappa shape index (κ2) is 8.09. The maximum atomic E-state index is 12.2. The first-order chi connectivity index (χ1) is 9.17. The minimum absolute atomic E-state index is 0.0766. The molecule has 0 aromatic rings. The van der Waals surface area contributed by atoms with Crippen LogP contribution in [0.25, 0.3) is 0 Å². The molecule has 0 spiro atoms. The summed E-state index contributed by atoms with van der Waals surface area (Å²) >= 11 is 0. The predicted molar refractivity (Wildman–Crippen MR) is 79.8 cm³/mol. The fourth-order valence-electron chi connectivity index (χ4n) is 2.01. The molecule has 0 saturated heterocycles. The Labute approximate surface area is 122 Å². The van der Waals surface area contributed by atoms with Gasteiger partial charge in [-0.3, -0.25) is 4.79 Å². The Morgan fingerprint density at radius 1 is 1.30 bits per heavy atom. The number of nitrogens with one attached hydrogen (secondary N) is 1. The van der Waals surface area contributed by atoms with Gasteiger partial charge in [0.2, 0.25) is 0 Å². The minimum Gasteiger partial charge on any atom is -0.481 e. The SMILES string of the molecule is CCN(C(=O)NCC(C)(CC)C(=O)O)C(C)CN(C)C. The number of urea groups is 1. The van der Waals surface area contributed by atoms with E-state index >= 15 is 0 Å². The van der Waals surface area contributed by atoms with Crippen molar-refractivity contribution in [3.05, 3.63) is 0 Å². The van der Waals surface area contributed by atoms with Gasteiger partial charge >= 0.3 is 12.0 Å². The smallest absolute Gasteiger partial charge is 0.317 e. The van der Waals surface area contributed by atoms with Crippen LogP contribution in [-0.4, -0.2) is 66.7 Å². The van der Waals surface area contributed by atoms with Gasteiger partial charge in [0.05, 0.1) is 5.41 Å². The van der Waals surface area contributed by atoms with Crippen molar-refractivity contribution in [1.82, 2.24) is 15.1 Å². The van der Waals surface area contributed by atoms with Crippen molar-refractivity contribution in [2.75, 3.05) is 33.7 Å². The Balaban J connectivity index is 4.61. The number of aliphatic carboxylic acids is 1. The Kier molecular flexibility index (Phi) is 7.57. The maximum Gasteiger partial charge on any atom is 0.317 e. The number of rotatable bonds is 8. The molecule has 0 aliphatic heterocycles. The van der Waals surface area contributed by atoms with Gasteiger partial charge in [0, 0.05) is 25.7 Å². The molecule has 0 fully saturated rings. The fraction of sp³-hybridized carbons (Fsp3) is 0.857. The quantitative estimate of drug-likeness (QED) is 0.709. The molecule has 0 aliphatic rings. The summed E-state index contributed by atoms with van der Waals surface area (Å²) in [7, 11) is 3.92. The van der Waals surface area contributed by atoms with E-state index in [9.17, 15) is 14.7 Å². The number of carboxylic acids is 1. The molecule has 0 radical (unpaired) electrons. The van der Waals surface area contributed by atoms with Crippen molar-refractivity contribution in [2.45, 2.75) is 40.2 Å². The number of amides is 2. The van der Waals surface area contributed by atoms with E-state index in [0.29, 0.717) is 13.0 Å². The van der Waals surface area contributed by atoms with E-state index in [0.717, 1.165) is 6.54 Å². The summed E-state index contributed by atoms with van der Waals surface area (Å²) in [5, 5.41) is 11.9. The summed E-state index contributed by atoms with van der Waals surface area (Å²) in [5.41, 5.74) is -0.917. The molecule has 0 aromatic carbocycles. The Bertz CT molecular complexity index is 334. The van der Waals surface area contributed by atoms with Crippen LogP contribution in [0, 0.1) is 5.41 Å². The zero-order valence-electron chi connectivity index (χ0n) is 13.6. The van der Waals surface area contributed by atoms with Gasteiger partial charge in [0.1, 0.15) is 0 Å². The van der Waals surface area contributed by atoms with E-state index in [2.05, 4.69) is 5.32 Å². The van der Waals surface area contributed by atoms with Gasteiger partial charge in [0.25, 0.3) is 0 Å². The molecule has 2 atom stereocenters. The molecule has 0 aromatic heterocycles. The van der Waals surface area contributed by atoms with Crippen LogP contribution in [0.1, 0.15) is 34.1 Å². The molecular weight excluding hydrogens is 258 g/mol. The molecule has 0 aliphatic carbocycles. The van der Waals surface area contributed by atoms with Crippen LogP contribution in [0.2, 0.25) is 0 Å². The number of hydrogen-bond donors (Lipinski definition) is 2. The minimum atomic E-state index is -0.917. The third-order valence-electron chi connectivity index (χ3n) is 3.69. The summed E-state index contributed by atoms with van der Waals surface area (Å²) in [6.45, 7) is 8.87. The highest BCUT2D eigenvalue weighted by molar-refractivity contribution is 5.78. The summed E-state index contributed by atoms with van der Waals surface area (Å²) in [6.07, 6.45) is 0.474. The molecule has 2 unspecified atom stereocenters. The normalized spacial score (nSPS) is 15.6. The van der Waals surface area contributed by atoms with E-state index in [1.807, 2.05) is 39.8 Å². The van der Waals surface area contributed by atoms with Crippen molar-refractivity contribution in [2.24, 2.45) is 5.41 Å². The summed E-state index contributed by atoms with van der Waals surface area (Å²) in [4.78, 5) is 27.1. The molecule has 2 amide bonds. The highest BCUT2D eigenvalue weighted by Crippen LogP contribution is 2.20. The van der Waals surface area contributed by atoms with E-state index < -0.39 is 11.4 Å². The Hall–Kier alpha value is -1.30. The molecule has 6 nitrogen and oxygen atoms in total. The van der Waals surface area contributed by atoms with Gasteiger partial charge in [-0.05, 0) is 41.3 Å². The first kappa shape index (κ1) is 18.7. The molecule has 0 rings (SSSR count). The number of likely N-dealkylation sites (N-methyl/N-ethyl adjacent to an activating group) is 2. The van der Waals surface area contributed by atoms with Gasteiger partial charge in [-0.15, -0.1) is 0 Å². The number of nitrogens with zero attached hydrogens (tertiary/aromatic N) is 2. The molecule has 20 heavy (non-hydrogen) atoms. The number of hydrogen-bond acceptors (Lipinski definition) is 3. The van der Waals surface area contributed by atoms with E-state index in [4.69, 9.17) is 0 Å². The lowest BCUT2D eigenvalue weighted by Crippen LogP contribution is -2.51. The highest BCUT2D eigenvalue weighted by Gasteiger charge is 2.32. The number of carbonyl (C=O) groups is 2. The number of carbonyl (C=O) groups excluding carboxylic acids is 1. The number of carboxylic acid groups (broad SMARTS) is 1. The Morgan fingerprint density at radius 2 is 1.85 bits per heavy atom. The molecule has 0 heterocycles. The molecular formula is C14H29N3O3. The first-order valence-corrected chi connectivity index (χ1v) is 7.10. The summed E-state index contributed by atoms with van der Waals surface area (Å²) < 4.78 is 0. The Morgan fingerprint density at radius 3 is 2.20 bits per heavy atom. The summed E-state index contributed by atoms with van der Waals surface area (Å²) in [5.74, 6) is -0.885. The van der Waals surface area contributed by atoms with Crippen molar-refractivity contribution in [1.29, 1.82) is 0 Å². The van der Waals surface area contributed by atoms with Crippen molar-refractivity contribution >= 4 is 12.0 Å². The van der Waals surface area contributed by atoms with Crippen molar-refractivity contribution < 1.29 is 14.7 Å². The molecule has 6 heteroatoms. The van der Waals surface area contributed by atoms with Crippen molar-refractivity contribution in [3.8, 4) is 0 Å². The fourth-order valence-corrected chi connectivity index (χ4v) is 2.01. The van der Waals surface area contributed by atoms with Gasteiger partial charge in [-0.2, -0.15) is 0 Å². The van der Waals surface area contributed by atoms with Crippen LogP contribution in [-0.2, 0) is 4.79 Å². The van der Waals surface area contributed by atoms with Crippen LogP contribution < -0.4 is 5.32 Å². The zero-order valence-corrected chi connectivity index (χ0v) is 13.6. The van der Waals surface area contributed by atoms with Crippen LogP contribution in [0.4, 0.5) is 4.79 Å². The lowest BCUT2D eigenvalue weighted by Gasteiger charge is -2.32. The van der Waals surface area contributed by atoms with Gasteiger partial charge in [-0.25, -0.2) is 4.79 Å². The lowest BCUT2D eigenvalue weighted by molar-refractivity contribution is -0.147. The topological polar surface area (TPSA) is 72.9 Å². The predicted octanol–water partition coefficient (Wildman–Crippen LogP) is 1.47. The maximum absolute atomic E-state index is 12.2. The average molecular weight is 287 g/mol. The van der Waals surface area contributed by atoms with Crippen LogP contribution in [0.15, 0.2) is 0 Å². The molecule has 2 N–H and O–H groups in total. The second-order valence-electron chi connectivity index (χ2n) is 5.78. The third-order valence-corrected chi connectivity index (χ3v) is 3.69. The van der Waals surface area contributed by atoms with Gasteiger partial charge in [0.15, 0.2) is 0 Å². The van der Waals surface area contributed by atoms with Gasteiger partial charge < -0.3 is 20.2 Å². The average Bonchev–Trinajstić information content (AvgIpc) is 2.35. The first-order valence-electron chi connectivity index (χ1n) is 7.10. The second-order valence-corrected chi connectivity index (χ2v) is 5.78. The zero-order chi connectivity index (χ0) is 15.9. The highest BCUT2D eigenvalue weighted by atomic mass is 16.4. The third kappa shape index (κ3) is 5.36. The van der Waals surface area contributed by atoms with Crippen molar-refractivity contribution in [3.63, 3.8) is 0 Å². The largest absolute Gasteiger partial charge is 0.481 e. The monoisotopic (exact) mass is 287 g/mol. The van der Waals surface area contributed by atoms with Crippen LogP contribution in [0.3, 0.4) is 0 Å². The van der Waals surface area contributed by atoms with E-state index in [1.54, 1.807) is 11.8 Å².